The first kappa shape index (κ1) is 18.2. The second-order valence-electron chi connectivity index (χ2n) is 8.33. The molecule has 1 amide bonds. The molecule has 1 aromatic heterocycles. The lowest BCUT2D eigenvalue weighted by Crippen LogP contribution is -2.61. The van der Waals surface area contributed by atoms with Gasteiger partial charge < -0.3 is 9.80 Å². The Bertz CT molecular complexity index is 646. The Morgan fingerprint density at radius 2 is 2.04 bits per heavy atom. The second kappa shape index (κ2) is 7.43. The molecule has 144 valence electrons. The van der Waals surface area contributed by atoms with Crippen molar-refractivity contribution in [2.45, 2.75) is 57.4 Å². The summed E-state index contributed by atoms with van der Waals surface area (Å²) < 4.78 is 0. The summed E-state index contributed by atoms with van der Waals surface area (Å²) in [5.41, 5.74) is 0.0861. The minimum atomic E-state index is 0.0861. The third-order valence-corrected chi connectivity index (χ3v) is 7.41. The van der Waals surface area contributed by atoms with E-state index in [1.807, 2.05) is 0 Å². The fourth-order valence-electron chi connectivity index (χ4n) is 4.35. The lowest BCUT2D eigenvalue weighted by molar-refractivity contribution is -0.130. The second-order valence-corrected chi connectivity index (χ2v) is 9.37. The normalized spacial score (nSPS) is 28.0. The molecular formula is C19H31N5OS. The third-order valence-electron chi connectivity index (χ3n) is 6.37. The van der Waals surface area contributed by atoms with Crippen LogP contribution in [0.25, 0.3) is 0 Å². The smallest absolute Gasteiger partial charge is 0.222 e. The Hall–Kier alpha value is -1.21. The molecule has 0 bridgehead atoms. The van der Waals surface area contributed by atoms with Gasteiger partial charge in [-0.3, -0.25) is 9.69 Å². The number of likely N-dealkylation sites (tertiary alicyclic amines) is 1. The van der Waals surface area contributed by atoms with Gasteiger partial charge in [0.25, 0.3) is 0 Å². The molecule has 3 fully saturated rings. The zero-order valence-corrected chi connectivity index (χ0v) is 16.9. The SMILES string of the molecule is CCCc1nnc(N2CCN(C)[C@]3(CCC(=O)N(CC4CC4)CC3)C2)s1. The summed E-state index contributed by atoms with van der Waals surface area (Å²) in [6, 6.07) is 0. The molecule has 3 aliphatic rings. The monoisotopic (exact) mass is 377 g/mol. The summed E-state index contributed by atoms with van der Waals surface area (Å²) in [5.74, 6) is 1.13. The van der Waals surface area contributed by atoms with Gasteiger partial charge in [0.05, 0.1) is 0 Å². The highest BCUT2D eigenvalue weighted by Gasteiger charge is 2.43. The molecule has 0 N–H and O–H groups in total. The van der Waals surface area contributed by atoms with Crippen molar-refractivity contribution in [1.82, 2.24) is 20.0 Å². The minimum Gasteiger partial charge on any atom is -0.344 e. The van der Waals surface area contributed by atoms with Crippen molar-refractivity contribution in [1.29, 1.82) is 0 Å². The van der Waals surface area contributed by atoms with Gasteiger partial charge in [-0.05, 0) is 45.1 Å². The summed E-state index contributed by atoms with van der Waals surface area (Å²) >= 11 is 1.74. The van der Waals surface area contributed by atoms with Crippen molar-refractivity contribution < 1.29 is 4.79 Å². The Morgan fingerprint density at radius 1 is 1.19 bits per heavy atom. The fourth-order valence-corrected chi connectivity index (χ4v) is 5.31. The maximum atomic E-state index is 12.6. The first-order valence-electron chi connectivity index (χ1n) is 10.2. The van der Waals surface area contributed by atoms with E-state index in [2.05, 4.69) is 38.9 Å². The Balaban J connectivity index is 1.47. The summed E-state index contributed by atoms with van der Waals surface area (Å²) in [4.78, 5) is 19.7. The van der Waals surface area contributed by atoms with Gasteiger partial charge in [0, 0.05) is 51.1 Å². The summed E-state index contributed by atoms with van der Waals surface area (Å²) in [6.45, 7) is 7.07. The summed E-state index contributed by atoms with van der Waals surface area (Å²) in [5, 5.41) is 11.0. The largest absolute Gasteiger partial charge is 0.344 e. The van der Waals surface area contributed by atoms with Gasteiger partial charge >= 0.3 is 0 Å². The van der Waals surface area contributed by atoms with Crippen molar-refractivity contribution in [3.05, 3.63) is 5.01 Å². The van der Waals surface area contributed by atoms with Crippen LogP contribution in [0.5, 0.6) is 0 Å². The van der Waals surface area contributed by atoms with Crippen LogP contribution in [0, 0.1) is 5.92 Å². The zero-order valence-electron chi connectivity index (χ0n) is 16.1. The average molecular weight is 378 g/mol. The van der Waals surface area contributed by atoms with Crippen LogP contribution < -0.4 is 4.90 Å². The van der Waals surface area contributed by atoms with Crippen molar-refractivity contribution >= 4 is 22.4 Å². The number of aromatic nitrogens is 2. The topological polar surface area (TPSA) is 52.6 Å². The molecule has 1 saturated carbocycles. The summed E-state index contributed by atoms with van der Waals surface area (Å²) in [6.07, 6.45) is 7.45. The number of aryl methyl sites for hydroxylation is 1. The molecule has 1 aliphatic carbocycles. The lowest BCUT2D eigenvalue weighted by Gasteiger charge is -2.49. The van der Waals surface area contributed by atoms with Gasteiger partial charge in [-0.15, -0.1) is 10.2 Å². The predicted octanol–water partition coefficient (Wildman–Crippen LogP) is 2.40. The standard InChI is InChI=1S/C19H31N5OS/c1-3-4-16-20-21-18(26-16)24-12-11-22(2)19(14-24)8-7-17(25)23(10-9-19)13-15-5-6-15/h15H,3-14H2,1-2H3/t19-/m0/s1. The molecule has 0 radical (unpaired) electrons. The first-order valence-corrected chi connectivity index (χ1v) is 11.0. The van der Waals surface area contributed by atoms with Crippen LogP contribution in [0.3, 0.4) is 0 Å². The lowest BCUT2D eigenvalue weighted by atomic mass is 9.86. The highest BCUT2D eigenvalue weighted by atomic mass is 32.1. The number of nitrogens with zero attached hydrogens (tertiary/aromatic N) is 5. The van der Waals surface area contributed by atoms with Crippen molar-refractivity contribution in [3.8, 4) is 0 Å². The average Bonchev–Trinajstić information content (AvgIpc) is 3.37. The molecule has 6 nitrogen and oxygen atoms in total. The molecule has 7 heteroatoms. The van der Waals surface area contributed by atoms with E-state index >= 15 is 0 Å². The van der Waals surface area contributed by atoms with Crippen molar-refractivity contribution in [3.63, 3.8) is 0 Å². The number of carbonyl (C=O) groups is 1. The molecule has 2 aliphatic heterocycles. The first-order chi connectivity index (χ1) is 12.6. The van der Waals surface area contributed by atoms with Gasteiger partial charge in [0.2, 0.25) is 11.0 Å². The van der Waals surface area contributed by atoms with Crippen LogP contribution in [0.15, 0.2) is 0 Å². The van der Waals surface area contributed by atoms with E-state index in [1.54, 1.807) is 11.3 Å². The van der Waals surface area contributed by atoms with E-state index < -0.39 is 0 Å². The number of piperazine rings is 1. The molecule has 2 saturated heterocycles. The molecule has 26 heavy (non-hydrogen) atoms. The van der Waals surface area contributed by atoms with E-state index in [4.69, 9.17) is 0 Å². The number of likely N-dealkylation sites (N-methyl/N-ethyl adjacent to an activating group) is 1. The number of anilines is 1. The number of hydrogen-bond donors (Lipinski definition) is 0. The maximum Gasteiger partial charge on any atom is 0.222 e. The highest BCUT2D eigenvalue weighted by molar-refractivity contribution is 7.15. The van der Waals surface area contributed by atoms with Crippen LogP contribution in [0.4, 0.5) is 5.13 Å². The third kappa shape index (κ3) is 3.74. The van der Waals surface area contributed by atoms with Crippen molar-refractivity contribution in [2.24, 2.45) is 5.92 Å². The van der Waals surface area contributed by atoms with Crippen LogP contribution in [-0.2, 0) is 11.2 Å². The number of carbonyl (C=O) groups excluding carboxylic acids is 1. The van der Waals surface area contributed by atoms with Crippen LogP contribution in [-0.4, -0.2) is 71.2 Å². The van der Waals surface area contributed by atoms with Gasteiger partial charge in [-0.2, -0.15) is 0 Å². The molecule has 1 spiro atoms. The van der Waals surface area contributed by atoms with Gasteiger partial charge in [0.15, 0.2) is 0 Å². The Kier molecular flexibility index (Phi) is 5.19. The van der Waals surface area contributed by atoms with Crippen LogP contribution >= 0.6 is 11.3 Å². The highest BCUT2D eigenvalue weighted by Crippen LogP contribution is 2.36. The minimum absolute atomic E-state index is 0.0861. The van der Waals surface area contributed by atoms with E-state index in [0.717, 1.165) is 74.5 Å². The molecule has 0 unspecified atom stereocenters. The molecule has 0 aromatic carbocycles. The predicted molar refractivity (Wildman–Crippen MR) is 105 cm³/mol. The van der Waals surface area contributed by atoms with Crippen LogP contribution in [0.2, 0.25) is 0 Å². The molecule has 4 rings (SSSR count). The van der Waals surface area contributed by atoms with Gasteiger partial charge in [-0.25, -0.2) is 0 Å². The zero-order chi connectivity index (χ0) is 18.1. The molecule has 3 heterocycles. The van der Waals surface area contributed by atoms with Crippen LogP contribution in [0.1, 0.15) is 50.5 Å². The van der Waals surface area contributed by atoms with E-state index in [9.17, 15) is 4.79 Å². The van der Waals surface area contributed by atoms with E-state index in [1.165, 1.54) is 12.8 Å². The molecular weight excluding hydrogens is 346 g/mol. The summed E-state index contributed by atoms with van der Waals surface area (Å²) in [7, 11) is 2.24. The van der Waals surface area contributed by atoms with E-state index in [-0.39, 0.29) is 5.54 Å². The van der Waals surface area contributed by atoms with E-state index in [0.29, 0.717) is 12.3 Å². The maximum absolute atomic E-state index is 12.6. The number of rotatable bonds is 5. The number of amides is 1. The quantitative estimate of drug-likeness (QED) is 0.789. The Morgan fingerprint density at radius 3 is 2.81 bits per heavy atom. The Labute approximate surface area is 160 Å². The molecule has 1 aromatic rings. The molecule has 1 atom stereocenters. The van der Waals surface area contributed by atoms with Crippen molar-refractivity contribution in [2.75, 3.05) is 44.7 Å². The number of hydrogen-bond acceptors (Lipinski definition) is 6. The van der Waals surface area contributed by atoms with Gasteiger partial charge in [-0.1, -0.05) is 18.3 Å². The van der Waals surface area contributed by atoms with Gasteiger partial charge in [0.1, 0.15) is 5.01 Å². The fraction of sp³-hybridized carbons (Fsp3) is 0.842.